The average molecular weight is 990 g/mol. The molecule has 0 aliphatic heterocycles. The summed E-state index contributed by atoms with van der Waals surface area (Å²) in [5, 5.41) is 0. The van der Waals surface area contributed by atoms with Gasteiger partial charge in [-0.15, -0.1) is 0 Å². The molecule has 0 spiro atoms. The Morgan fingerprint density at radius 3 is 0.901 bits per heavy atom. The molecule has 0 rings (SSSR count). The second-order valence-electron chi connectivity index (χ2n) is 19.9. The number of ether oxygens (including phenoxy) is 3. The van der Waals surface area contributed by atoms with Crippen molar-refractivity contribution >= 4 is 17.9 Å². The first kappa shape index (κ1) is 67.6. The molecule has 1 atom stereocenters. The maximum atomic E-state index is 12.9. The van der Waals surface area contributed by atoms with Crippen molar-refractivity contribution in [3.63, 3.8) is 0 Å². The van der Waals surface area contributed by atoms with Gasteiger partial charge in [0.1, 0.15) is 13.2 Å². The molecule has 0 radical (unpaired) electrons. The smallest absolute Gasteiger partial charge is 0.306 e. The standard InChI is InChI=1S/C65H112O6/c1-4-7-10-13-16-19-22-25-28-31-32-35-38-41-44-47-50-53-56-59-65(68)71-62(60-69-63(66)57-54-51-48-45-42-39-36-33-29-26-23-20-17-14-11-8-5-2)61-70-64(67)58-55-52-49-46-43-40-37-34-30-27-24-21-18-15-12-9-6-3/h8,11,17-18,20-21,25-30,36,39,62H,4-7,9-10,12-16,19,22-24,31-35,37-38,40-61H2,1-3H3/b11-8-,20-17-,21-18-,28-25-,29-26-,30-27-,39-36-/t62-/m1/s1. The lowest BCUT2D eigenvalue weighted by molar-refractivity contribution is -0.167. The molecule has 0 N–H and O–H groups in total. The van der Waals surface area contributed by atoms with Crippen LogP contribution in [-0.2, 0) is 28.6 Å². The molecular weight excluding hydrogens is 877 g/mol. The summed E-state index contributed by atoms with van der Waals surface area (Å²) in [6.07, 6.45) is 77.1. The van der Waals surface area contributed by atoms with Crippen molar-refractivity contribution in [1.29, 1.82) is 0 Å². The predicted molar refractivity (Wildman–Crippen MR) is 307 cm³/mol. The second-order valence-corrected chi connectivity index (χ2v) is 19.9. The predicted octanol–water partition coefficient (Wildman–Crippen LogP) is 20.3. The first-order valence-corrected chi connectivity index (χ1v) is 30.1. The van der Waals surface area contributed by atoms with Crippen LogP contribution in [0.5, 0.6) is 0 Å². The van der Waals surface area contributed by atoms with Gasteiger partial charge in [-0.05, 0) is 116 Å². The molecule has 0 bridgehead atoms. The molecule has 71 heavy (non-hydrogen) atoms. The van der Waals surface area contributed by atoms with Crippen LogP contribution in [0.4, 0.5) is 0 Å². The number of hydrogen-bond donors (Lipinski definition) is 0. The molecule has 0 unspecified atom stereocenters. The van der Waals surface area contributed by atoms with Crippen LogP contribution in [0.25, 0.3) is 0 Å². The Morgan fingerprint density at radius 1 is 0.296 bits per heavy atom. The van der Waals surface area contributed by atoms with E-state index in [0.29, 0.717) is 19.3 Å². The van der Waals surface area contributed by atoms with Crippen molar-refractivity contribution in [2.24, 2.45) is 0 Å². The summed E-state index contributed by atoms with van der Waals surface area (Å²) < 4.78 is 16.9. The maximum Gasteiger partial charge on any atom is 0.306 e. The van der Waals surface area contributed by atoms with Gasteiger partial charge in [0.05, 0.1) is 0 Å². The van der Waals surface area contributed by atoms with E-state index in [1.807, 2.05) is 0 Å². The summed E-state index contributed by atoms with van der Waals surface area (Å²) in [6, 6.07) is 0. The van der Waals surface area contributed by atoms with E-state index in [0.717, 1.165) is 109 Å². The third-order valence-electron chi connectivity index (χ3n) is 12.9. The monoisotopic (exact) mass is 989 g/mol. The topological polar surface area (TPSA) is 78.9 Å². The van der Waals surface area contributed by atoms with Crippen LogP contribution in [0.15, 0.2) is 85.1 Å². The minimum atomic E-state index is -0.792. The van der Waals surface area contributed by atoms with Gasteiger partial charge in [0, 0.05) is 19.3 Å². The molecule has 0 saturated heterocycles. The van der Waals surface area contributed by atoms with E-state index in [9.17, 15) is 14.4 Å². The van der Waals surface area contributed by atoms with Crippen LogP contribution in [0.1, 0.15) is 290 Å². The minimum absolute atomic E-state index is 0.0890. The molecule has 0 aromatic rings. The van der Waals surface area contributed by atoms with Gasteiger partial charge >= 0.3 is 17.9 Å². The Morgan fingerprint density at radius 2 is 0.549 bits per heavy atom. The average Bonchev–Trinajstić information content (AvgIpc) is 3.37. The summed E-state index contributed by atoms with van der Waals surface area (Å²) in [6.45, 7) is 6.49. The lowest BCUT2D eigenvalue weighted by atomic mass is 10.1. The van der Waals surface area contributed by atoms with Crippen LogP contribution in [0.3, 0.4) is 0 Å². The molecule has 0 heterocycles. The fourth-order valence-electron chi connectivity index (χ4n) is 8.34. The second kappa shape index (κ2) is 59.2. The number of hydrogen-bond acceptors (Lipinski definition) is 6. The highest BCUT2D eigenvalue weighted by Gasteiger charge is 2.19. The van der Waals surface area contributed by atoms with E-state index >= 15 is 0 Å². The van der Waals surface area contributed by atoms with Crippen molar-refractivity contribution in [1.82, 2.24) is 0 Å². The van der Waals surface area contributed by atoms with Gasteiger partial charge in [0.2, 0.25) is 0 Å². The molecule has 6 heteroatoms. The van der Waals surface area contributed by atoms with E-state index in [1.54, 1.807) is 0 Å². The maximum absolute atomic E-state index is 12.9. The lowest BCUT2D eigenvalue weighted by Gasteiger charge is -2.18. The third-order valence-corrected chi connectivity index (χ3v) is 12.9. The van der Waals surface area contributed by atoms with E-state index in [2.05, 4.69) is 106 Å². The largest absolute Gasteiger partial charge is 0.462 e. The van der Waals surface area contributed by atoms with Gasteiger partial charge in [-0.25, -0.2) is 0 Å². The molecule has 0 saturated carbocycles. The molecule has 6 nitrogen and oxygen atoms in total. The van der Waals surface area contributed by atoms with Gasteiger partial charge in [0.15, 0.2) is 6.10 Å². The first-order chi connectivity index (χ1) is 35.0. The number of allylic oxidation sites excluding steroid dienone is 14. The van der Waals surface area contributed by atoms with Crippen molar-refractivity contribution in [3.8, 4) is 0 Å². The lowest BCUT2D eigenvalue weighted by Crippen LogP contribution is -2.30. The highest BCUT2D eigenvalue weighted by molar-refractivity contribution is 5.71. The Balaban J connectivity index is 4.43. The van der Waals surface area contributed by atoms with Gasteiger partial charge in [-0.2, -0.15) is 0 Å². The van der Waals surface area contributed by atoms with Gasteiger partial charge in [0.25, 0.3) is 0 Å². The molecule has 0 fully saturated rings. The van der Waals surface area contributed by atoms with Crippen LogP contribution in [0, 0.1) is 0 Å². The molecular formula is C65H112O6. The number of carbonyl (C=O) groups excluding carboxylic acids is 3. The molecule has 0 aromatic heterocycles. The Hall–Kier alpha value is -3.41. The fraction of sp³-hybridized carbons (Fsp3) is 0.738. The summed E-state index contributed by atoms with van der Waals surface area (Å²) >= 11 is 0. The highest BCUT2D eigenvalue weighted by Crippen LogP contribution is 2.15. The van der Waals surface area contributed by atoms with Crippen molar-refractivity contribution in [2.75, 3.05) is 13.2 Å². The Kier molecular flexibility index (Phi) is 56.3. The molecule has 0 aliphatic rings. The Bertz CT molecular complexity index is 1370. The Labute approximate surface area is 439 Å². The zero-order valence-corrected chi connectivity index (χ0v) is 46.7. The van der Waals surface area contributed by atoms with Gasteiger partial charge in [-0.3, -0.25) is 14.4 Å². The van der Waals surface area contributed by atoms with Crippen LogP contribution >= 0.6 is 0 Å². The van der Waals surface area contributed by atoms with Crippen molar-refractivity contribution in [2.45, 2.75) is 297 Å². The summed E-state index contributed by atoms with van der Waals surface area (Å²) in [4.78, 5) is 38.2. The summed E-state index contributed by atoms with van der Waals surface area (Å²) in [7, 11) is 0. The fourth-order valence-corrected chi connectivity index (χ4v) is 8.34. The quantitative estimate of drug-likeness (QED) is 0.0261. The van der Waals surface area contributed by atoms with Gasteiger partial charge < -0.3 is 14.2 Å². The number of unbranched alkanes of at least 4 members (excludes halogenated alkanes) is 29. The summed E-state index contributed by atoms with van der Waals surface area (Å²) in [5.41, 5.74) is 0. The van der Waals surface area contributed by atoms with E-state index in [1.165, 1.54) is 141 Å². The van der Waals surface area contributed by atoms with E-state index < -0.39 is 6.10 Å². The van der Waals surface area contributed by atoms with Crippen LogP contribution < -0.4 is 0 Å². The zero-order chi connectivity index (χ0) is 51.4. The van der Waals surface area contributed by atoms with E-state index in [-0.39, 0.29) is 31.1 Å². The molecule has 0 aliphatic carbocycles. The third kappa shape index (κ3) is 57.4. The van der Waals surface area contributed by atoms with Crippen molar-refractivity contribution in [3.05, 3.63) is 85.1 Å². The molecule has 0 amide bonds. The highest BCUT2D eigenvalue weighted by atomic mass is 16.6. The first-order valence-electron chi connectivity index (χ1n) is 30.1. The SMILES string of the molecule is CC/C=C\C/C=C\C/C=C\C/C=C\CCCCCCC(=O)OC[C@H](COC(=O)CCCCCCCCC/C=C\C/C=C\CCCCC)OC(=O)CCCCCCCCCCC/C=C\CCCCCCCC. The van der Waals surface area contributed by atoms with Crippen LogP contribution in [-0.4, -0.2) is 37.2 Å². The molecule has 408 valence electrons. The molecule has 0 aromatic carbocycles. The normalized spacial score (nSPS) is 12.7. The summed E-state index contributed by atoms with van der Waals surface area (Å²) in [5.74, 6) is -0.914. The van der Waals surface area contributed by atoms with Crippen LogP contribution in [0.2, 0.25) is 0 Å². The van der Waals surface area contributed by atoms with Gasteiger partial charge in [-0.1, -0.05) is 241 Å². The number of carbonyl (C=O) groups is 3. The zero-order valence-electron chi connectivity index (χ0n) is 46.7. The minimum Gasteiger partial charge on any atom is -0.462 e. The van der Waals surface area contributed by atoms with Crippen molar-refractivity contribution < 1.29 is 28.6 Å². The number of esters is 3. The van der Waals surface area contributed by atoms with E-state index in [4.69, 9.17) is 14.2 Å². The number of rotatable bonds is 54.